The Morgan fingerprint density at radius 2 is 1.72 bits per heavy atom. The van der Waals surface area contributed by atoms with E-state index in [-0.39, 0.29) is 24.8 Å². The standard InChI is InChI=1S/C23H23N3O6/c1-14-3-4-15(2)20(11-14)30-12-18-9-10-19(31-18)23(28)32-26-22(25)16-5-7-17(8-6-16)29-13-21(24)27/h3-11H,12-13H2,1-2H3,(H2,24,27)(H2,25,26). The van der Waals surface area contributed by atoms with Crippen molar-refractivity contribution in [2.75, 3.05) is 6.61 Å². The van der Waals surface area contributed by atoms with Gasteiger partial charge in [0.2, 0.25) is 5.76 Å². The minimum atomic E-state index is -0.799. The fourth-order valence-corrected chi connectivity index (χ4v) is 2.64. The van der Waals surface area contributed by atoms with Crippen molar-refractivity contribution in [1.82, 2.24) is 0 Å². The average molecular weight is 437 g/mol. The Morgan fingerprint density at radius 1 is 0.969 bits per heavy atom. The predicted molar refractivity (Wildman–Crippen MR) is 116 cm³/mol. The molecule has 3 aromatic rings. The molecule has 0 bridgehead atoms. The molecule has 1 heterocycles. The molecule has 0 aliphatic heterocycles. The van der Waals surface area contributed by atoms with Gasteiger partial charge in [-0.15, -0.1) is 0 Å². The van der Waals surface area contributed by atoms with Gasteiger partial charge in [0.1, 0.15) is 23.9 Å². The van der Waals surface area contributed by atoms with Crippen LogP contribution >= 0.6 is 0 Å². The number of amides is 1. The number of benzene rings is 2. The molecule has 0 saturated heterocycles. The fourth-order valence-electron chi connectivity index (χ4n) is 2.64. The number of aryl methyl sites for hydroxylation is 2. The third-order valence-electron chi connectivity index (χ3n) is 4.33. The molecule has 4 N–H and O–H groups in total. The van der Waals surface area contributed by atoms with Crippen molar-refractivity contribution in [3.63, 3.8) is 0 Å². The lowest BCUT2D eigenvalue weighted by Crippen LogP contribution is -2.20. The quantitative estimate of drug-likeness (QED) is 0.227. The molecule has 0 radical (unpaired) electrons. The second-order valence-corrected chi connectivity index (χ2v) is 6.96. The normalized spacial score (nSPS) is 11.1. The zero-order valence-electron chi connectivity index (χ0n) is 17.7. The second kappa shape index (κ2) is 10.2. The van der Waals surface area contributed by atoms with E-state index in [9.17, 15) is 9.59 Å². The molecule has 32 heavy (non-hydrogen) atoms. The zero-order valence-corrected chi connectivity index (χ0v) is 17.7. The number of carbonyl (C=O) groups excluding carboxylic acids is 2. The molecule has 3 rings (SSSR count). The van der Waals surface area contributed by atoms with Gasteiger partial charge in [0.25, 0.3) is 5.91 Å². The van der Waals surface area contributed by atoms with E-state index in [0.717, 1.165) is 16.9 Å². The predicted octanol–water partition coefficient (Wildman–Crippen LogP) is 2.82. The smallest absolute Gasteiger partial charge is 0.400 e. The van der Waals surface area contributed by atoms with Crippen molar-refractivity contribution in [3.05, 3.63) is 82.8 Å². The zero-order chi connectivity index (χ0) is 23.1. The van der Waals surface area contributed by atoms with Gasteiger partial charge < -0.3 is 30.2 Å². The Balaban J connectivity index is 1.55. The van der Waals surface area contributed by atoms with E-state index >= 15 is 0 Å². The number of primary amides is 1. The summed E-state index contributed by atoms with van der Waals surface area (Å²) in [5, 5.41) is 3.64. The van der Waals surface area contributed by atoms with Crippen LogP contribution in [0.2, 0.25) is 0 Å². The summed E-state index contributed by atoms with van der Waals surface area (Å²) in [5.74, 6) is 0.201. The Kier molecular flexibility index (Phi) is 7.12. The highest BCUT2D eigenvalue weighted by atomic mass is 16.7. The molecule has 0 unspecified atom stereocenters. The van der Waals surface area contributed by atoms with Crippen LogP contribution in [0.5, 0.6) is 11.5 Å². The van der Waals surface area contributed by atoms with Gasteiger partial charge in [0, 0.05) is 5.56 Å². The van der Waals surface area contributed by atoms with Gasteiger partial charge in [0.15, 0.2) is 12.4 Å². The van der Waals surface area contributed by atoms with Crippen LogP contribution in [0.1, 0.15) is 33.0 Å². The molecule has 9 nitrogen and oxygen atoms in total. The van der Waals surface area contributed by atoms with Crippen molar-refractivity contribution >= 4 is 17.7 Å². The van der Waals surface area contributed by atoms with Gasteiger partial charge in [0.05, 0.1) is 0 Å². The number of amidine groups is 1. The Labute approximate surface area is 184 Å². The van der Waals surface area contributed by atoms with E-state index in [2.05, 4.69) is 5.16 Å². The number of carbonyl (C=O) groups is 2. The van der Waals surface area contributed by atoms with Crippen LogP contribution in [0.4, 0.5) is 0 Å². The van der Waals surface area contributed by atoms with Gasteiger partial charge in [-0.25, -0.2) is 4.79 Å². The number of furan rings is 1. The lowest BCUT2D eigenvalue weighted by Gasteiger charge is -2.08. The maximum atomic E-state index is 12.2. The second-order valence-electron chi connectivity index (χ2n) is 6.96. The average Bonchev–Trinajstić information content (AvgIpc) is 3.26. The number of hydrogen-bond acceptors (Lipinski definition) is 7. The summed E-state index contributed by atoms with van der Waals surface area (Å²) in [5.41, 5.74) is 13.4. The highest BCUT2D eigenvalue weighted by Gasteiger charge is 2.14. The number of ether oxygens (including phenoxy) is 2. The van der Waals surface area contributed by atoms with Gasteiger partial charge in [-0.2, -0.15) is 0 Å². The third kappa shape index (κ3) is 6.11. The minimum absolute atomic E-state index is 0.0233. The number of oxime groups is 1. The summed E-state index contributed by atoms with van der Waals surface area (Å²) in [6, 6.07) is 15.4. The number of nitrogens with zero attached hydrogens (tertiary/aromatic N) is 1. The summed E-state index contributed by atoms with van der Waals surface area (Å²) in [7, 11) is 0. The molecular weight excluding hydrogens is 414 g/mol. The highest BCUT2D eigenvalue weighted by molar-refractivity contribution is 5.98. The molecule has 0 atom stereocenters. The Hall–Kier alpha value is -4.27. The topological polar surface area (TPSA) is 139 Å². The minimum Gasteiger partial charge on any atom is -0.485 e. The van der Waals surface area contributed by atoms with Crippen molar-refractivity contribution in [3.8, 4) is 11.5 Å². The first-order valence-corrected chi connectivity index (χ1v) is 9.67. The molecule has 0 fully saturated rings. The van der Waals surface area contributed by atoms with Crippen molar-refractivity contribution < 1.29 is 28.3 Å². The van der Waals surface area contributed by atoms with Crippen LogP contribution in [0.15, 0.2) is 64.2 Å². The first-order chi connectivity index (χ1) is 15.3. The largest absolute Gasteiger partial charge is 0.485 e. The maximum Gasteiger partial charge on any atom is 0.400 e. The molecular formula is C23H23N3O6. The molecule has 166 valence electrons. The van der Waals surface area contributed by atoms with Crippen LogP contribution < -0.4 is 20.9 Å². The fraction of sp³-hybridized carbons (Fsp3) is 0.174. The van der Waals surface area contributed by atoms with Crippen LogP contribution in [-0.4, -0.2) is 24.3 Å². The summed E-state index contributed by atoms with van der Waals surface area (Å²) < 4.78 is 16.4. The molecule has 0 saturated carbocycles. The van der Waals surface area contributed by atoms with Crippen LogP contribution in [-0.2, 0) is 16.2 Å². The molecule has 1 aromatic heterocycles. The van der Waals surface area contributed by atoms with E-state index in [0.29, 0.717) is 17.1 Å². The van der Waals surface area contributed by atoms with E-state index in [1.54, 1.807) is 30.3 Å². The number of rotatable bonds is 9. The summed E-state index contributed by atoms with van der Waals surface area (Å²) in [4.78, 5) is 27.8. The van der Waals surface area contributed by atoms with Crippen molar-refractivity contribution in [1.29, 1.82) is 0 Å². The third-order valence-corrected chi connectivity index (χ3v) is 4.33. The van der Waals surface area contributed by atoms with Crippen molar-refractivity contribution in [2.24, 2.45) is 16.6 Å². The highest BCUT2D eigenvalue weighted by Crippen LogP contribution is 2.21. The van der Waals surface area contributed by atoms with Crippen LogP contribution in [0, 0.1) is 13.8 Å². The van der Waals surface area contributed by atoms with E-state index in [1.165, 1.54) is 6.07 Å². The first-order valence-electron chi connectivity index (χ1n) is 9.67. The summed E-state index contributed by atoms with van der Waals surface area (Å²) >= 11 is 0. The van der Waals surface area contributed by atoms with Gasteiger partial charge in [-0.3, -0.25) is 4.79 Å². The number of nitrogens with two attached hydrogens (primary N) is 2. The Morgan fingerprint density at radius 3 is 2.44 bits per heavy atom. The summed E-state index contributed by atoms with van der Waals surface area (Å²) in [6.45, 7) is 3.85. The number of hydrogen-bond donors (Lipinski definition) is 2. The molecule has 0 aliphatic carbocycles. The molecule has 9 heteroatoms. The first kappa shape index (κ1) is 22.4. The van der Waals surface area contributed by atoms with E-state index in [4.69, 9.17) is 30.2 Å². The molecule has 0 aliphatic rings. The van der Waals surface area contributed by atoms with Gasteiger partial charge in [-0.05, 0) is 67.4 Å². The monoisotopic (exact) mass is 437 g/mol. The van der Waals surface area contributed by atoms with Crippen LogP contribution in [0.25, 0.3) is 0 Å². The van der Waals surface area contributed by atoms with Crippen molar-refractivity contribution in [2.45, 2.75) is 20.5 Å². The van der Waals surface area contributed by atoms with Gasteiger partial charge in [-0.1, -0.05) is 17.3 Å². The lowest BCUT2D eigenvalue weighted by atomic mass is 10.1. The lowest BCUT2D eigenvalue weighted by molar-refractivity contribution is -0.119. The summed E-state index contributed by atoms with van der Waals surface area (Å²) in [6.07, 6.45) is 0. The van der Waals surface area contributed by atoms with Gasteiger partial charge >= 0.3 is 5.97 Å². The molecule has 0 spiro atoms. The van der Waals surface area contributed by atoms with E-state index in [1.807, 2.05) is 32.0 Å². The molecule has 2 aromatic carbocycles. The SMILES string of the molecule is Cc1ccc(C)c(OCc2ccc(C(=O)O/N=C(\N)c3ccc(OCC(N)=O)cc3)o2)c1. The Bertz CT molecular complexity index is 1130. The molecule has 1 amide bonds. The maximum absolute atomic E-state index is 12.2. The van der Waals surface area contributed by atoms with Crippen LogP contribution in [0.3, 0.4) is 0 Å². The van der Waals surface area contributed by atoms with E-state index < -0.39 is 11.9 Å².